The molecule has 0 aliphatic rings. The minimum atomic E-state index is -4.08. The van der Waals surface area contributed by atoms with Crippen LogP contribution < -0.4 is 9.62 Å². The number of carbonyl (C=O) groups excluding carboxylic acids is 1. The summed E-state index contributed by atoms with van der Waals surface area (Å²) in [5.74, 6) is -1.10. The molecule has 1 heterocycles. The summed E-state index contributed by atoms with van der Waals surface area (Å²) in [5, 5.41) is 9.15. The van der Waals surface area contributed by atoms with E-state index in [0.29, 0.717) is 17.1 Å². The number of hydrogen-bond donors (Lipinski definition) is 2. The maximum atomic E-state index is 13.4. The van der Waals surface area contributed by atoms with Gasteiger partial charge in [0.1, 0.15) is 17.3 Å². The monoisotopic (exact) mass is 416 g/mol. The summed E-state index contributed by atoms with van der Waals surface area (Å²) >= 11 is 0. The van der Waals surface area contributed by atoms with Gasteiger partial charge in [-0.1, -0.05) is 23.8 Å². The van der Waals surface area contributed by atoms with Gasteiger partial charge in [0.2, 0.25) is 5.91 Å². The Morgan fingerprint density at radius 1 is 1.14 bits per heavy atom. The van der Waals surface area contributed by atoms with Crippen LogP contribution >= 0.6 is 0 Å². The molecule has 9 heteroatoms. The first-order chi connectivity index (χ1) is 13.7. The van der Waals surface area contributed by atoms with Crippen LogP contribution in [0.3, 0.4) is 0 Å². The quantitative estimate of drug-likeness (QED) is 0.645. The minimum absolute atomic E-state index is 0.0247. The summed E-state index contributed by atoms with van der Waals surface area (Å²) in [5.41, 5.74) is 2.22. The van der Waals surface area contributed by atoms with Gasteiger partial charge in [-0.2, -0.15) is 5.10 Å². The van der Waals surface area contributed by atoms with Gasteiger partial charge in [-0.3, -0.25) is 14.2 Å². The number of anilines is 2. The second-order valence-corrected chi connectivity index (χ2v) is 8.47. The first-order valence-electron chi connectivity index (χ1n) is 8.85. The molecule has 0 spiro atoms. The molecule has 0 unspecified atom stereocenters. The number of amides is 1. The first kappa shape index (κ1) is 20.5. The Hall–Kier alpha value is -3.20. The summed E-state index contributed by atoms with van der Waals surface area (Å²) in [6.45, 7) is 4.58. The average Bonchev–Trinajstić information content (AvgIpc) is 2.99. The van der Waals surface area contributed by atoms with Crippen LogP contribution in [0.2, 0.25) is 0 Å². The van der Waals surface area contributed by atoms with Gasteiger partial charge in [0.15, 0.2) is 0 Å². The zero-order valence-corrected chi connectivity index (χ0v) is 17.0. The standard InChI is InChI=1S/C20H21FN4O3S/c1-13-7-9-18(10-8-13)25(29(27,28)20-14(2)23-24-15(20)3)12-19(26)22-17-6-4-5-16(21)11-17/h4-11H,12H2,1-3H3,(H,22,26)(H,23,24). The molecular formula is C20H21FN4O3S. The van der Waals surface area contributed by atoms with Gasteiger partial charge < -0.3 is 5.32 Å². The van der Waals surface area contributed by atoms with Crippen LogP contribution in [0, 0.1) is 26.6 Å². The van der Waals surface area contributed by atoms with E-state index in [-0.39, 0.29) is 10.6 Å². The van der Waals surface area contributed by atoms with Crippen molar-refractivity contribution in [2.24, 2.45) is 0 Å². The molecule has 3 aromatic rings. The number of nitrogens with one attached hydrogen (secondary N) is 2. The molecule has 0 radical (unpaired) electrons. The first-order valence-corrected chi connectivity index (χ1v) is 10.3. The molecule has 0 aliphatic carbocycles. The van der Waals surface area contributed by atoms with Gasteiger partial charge in [-0.25, -0.2) is 12.8 Å². The van der Waals surface area contributed by atoms with Gasteiger partial charge in [0, 0.05) is 5.69 Å². The predicted octanol–water partition coefficient (Wildman–Crippen LogP) is 3.31. The Bertz CT molecular complexity index is 1120. The molecule has 0 aliphatic heterocycles. The highest BCUT2D eigenvalue weighted by Gasteiger charge is 2.31. The molecule has 7 nitrogen and oxygen atoms in total. The number of nitrogens with zero attached hydrogens (tertiary/aromatic N) is 2. The SMILES string of the molecule is Cc1ccc(N(CC(=O)Nc2cccc(F)c2)S(=O)(=O)c2c(C)n[nH]c2C)cc1. The second-order valence-electron chi connectivity index (χ2n) is 6.67. The van der Waals surface area contributed by atoms with Crippen LogP contribution in [0.25, 0.3) is 0 Å². The fourth-order valence-corrected chi connectivity index (χ4v) is 4.71. The zero-order chi connectivity index (χ0) is 21.2. The van der Waals surface area contributed by atoms with Crippen LogP contribution in [-0.4, -0.2) is 31.1 Å². The van der Waals surface area contributed by atoms with Crippen molar-refractivity contribution in [3.05, 3.63) is 71.3 Å². The van der Waals surface area contributed by atoms with E-state index >= 15 is 0 Å². The van der Waals surface area contributed by atoms with Crippen molar-refractivity contribution in [2.45, 2.75) is 25.7 Å². The lowest BCUT2D eigenvalue weighted by molar-refractivity contribution is -0.114. The van der Waals surface area contributed by atoms with E-state index < -0.39 is 28.3 Å². The van der Waals surface area contributed by atoms with Gasteiger partial charge in [0.25, 0.3) is 10.0 Å². The normalized spacial score (nSPS) is 11.3. The van der Waals surface area contributed by atoms with Crippen molar-refractivity contribution in [3.8, 4) is 0 Å². The maximum Gasteiger partial charge on any atom is 0.268 e. The number of aromatic amines is 1. The highest BCUT2D eigenvalue weighted by molar-refractivity contribution is 7.93. The summed E-state index contributed by atoms with van der Waals surface area (Å²) in [6.07, 6.45) is 0. The number of carbonyl (C=O) groups is 1. The lowest BCUT2D eigenvalue weighted by atomic mass is 10.2. The average molecular weight is 416 g/mol. The number of aromatic nitrogens is 2. The highest BCUT2D eigenvalue weighted by Crippen LogP contribution is 2.27. The van der Waals surface area contributed by atoms with Crippen molar-refractivity contribution >= 4 is 27.3 Å². The maximum absolute atomic E-state index is 13.4. The van der Waals surface area contributed by atoms with Crippen molar-refractivity contribution < 1.29 is 17.6 Å². The molecule has 2 N–H and O–H groups in total. The number of halogens is 1. The molecule has 3 rings (SSSR count). The van der Waals surface area contributed by atoms with Gasteiger partial charge in [-0.15, -0.1) is 0 Å². The van der Waals surface area contributed by atoms with Crippen molar-refractivity contribution in [2.75, 3.05) is 16.2 Å². The topological polar surface area (TPSA) is 95.2 Å². The van der Waals surface area contributed by atoms with Crippen molar-refractivity contribution in [1.29, 1.82) is 0 Å². The van der Waals surface area contributed by atoms with E-state index in [2.05, 4.69) is 15.5 Å². The fourth-order valence-electron chi connectivity index (χ4n) is 2.95. The molecule has 0 saturated heterocycles. The Morgan fingerprint density at radius 3 is 2.41 bits per heavy atom. The predicted molar refractivity (Wildman–Crippen MR) is 109 cm³/mol. The molecule has 0 saturated carbocycles. The highest BCUT2D eigenvalue weighted by atomic mass is 32.2. The molecule has 1 amide bonds. The Kier molecular flexibility index (Phi) is 5.69. The molecule has 2 aromatic carbocycles. The van der Waals surface area contributed by atoms with Gasteiger partial charge in [0.05, 0.1) is 17.1 Å². The van der Waals surface area contributed by atoms with Crippen molar-refractivity contribution in [3.63, 3.8) is 0 Å². The van der Waals surface area contributed by atoms with Crippen molar-refractivity contribution in [1.82, 2.24) is 10.2 Å². The smallest absolute Gasteiger partial charge is 0.268 e. The summed E-state index contributed by atoms with van der Waals surface area (Å²) < 4.78 is 41.2. The third-order valence-corrected chi connectivity index (χ3v) is 6.36. The molecule has 29 heavy (non-hydrogen) atoms. The van der Waals surface area contributed by atoms with E-state index in [1.54, 1.807) is 38.1 Å². The van der Waals surface area contributed by atoms with E-state index in [9.17, 15) is 17.6 Å². The molecule has 0 bridgehead atoms. The Morgan fingerprint density at radius 2 is 1.83 bits per heavy atom. The van der Waals surface area contributed by atoms with Gasteiger partial charge >= 0.3 is 0 Å². The minimum Gasteiger partial charge on any atom is -0.324 e. The second kappa shape index (κ2) is 8.04. The Labute approximate surface area is 168 Å². The van der Waals surface area contributed by atoms with E-state index in [1.165, 1.54) is 18.2 Å². The van der Waals surface area contributed by atoms with Crippen LogP contribution in [0.15, 0.2) is 53.4 Å². The number of hydrogen-bond acceptors (Lipinski definition) is 4. The van der Waals surface area contributed by atoms with Crippen LogP contribution in [0.1, 0.15) is 17.0 Å². The number of sulfonamides is 1. The lowest BCUT2D eigenvalue weighted by Crippen LogP contribution is -2.38. The summed E-state index contributed by atoms with van der Waals surface area (Å²) in [4.78, 5) is 12.6. The molecule has 1 aromatic heterocycles. The Balaban J connectivity index is 1.97. The van der Waals surface area contributed by atoms with Crippen LogP contribution in [0.4, 0.5) is 15.8 Å². The number of H-pyrrole nitrogens is 1. The molecule has 0 fully saturated rings. The summed E-state index contributed by atoms with van der Waals surface area (Å²) in [6, 6.07) is 12.2. The third-order valence-electron chi connectivity index (χ3n) is 4.33. The van der Waals surface area contributed by atoms with Crippen LogP contribution in [0.5, 0.6) is 0 Å². The summed E-state index contributed by atoms with van der Waals surface area (Å²) in [7, 11) is -4.08. The molecular weight excluding hydrogens is 395 g/mol. The third kappa shape index (κ3) is 4.45. The molecule has 0 atom stereocenters. The molecule has 152 valence electrons. The van der Waals surface area contributed by atoms with E-state index in [1.807, 2.05) is 6.92 Å². The number of aryl methyl sites for hydroxylation is 3. The van der Waals surface area contributed by atoms with Gasteiger partial charge in [-0.05, 0) is 51.1 Å². The largest absolute Gasteiger partial charge is 0.324 e. The number of rotatable bonds is 6. The van der Waals surface area contributed by atoms with E-state index in [4.69, 9.17) is 0 Å². The number of benzene rings is 2. The van der Waals surface area contributed by atoms with Crippen LogP contribution in [-0.2, 0) is 14.8 Å². The fraction of sp³-hybridized carbons (Fsp3) is 0.200. The van der Waals surface area contributed by atoms with E-state index in [0.717, 1.165) is 15.9 Å². The lowest BCUT2D eigenvalue weighted by Gasteiger charge is -2.24. The zero-order valence-electron chi connectivity index (χ0n) is 16.2.